The standard InChI is InChI=1S/C12H12ClN5S/c1-6(2)10-15-16-12-18(10)17-11(19-12)7-3-4-8(13)9(14)5-7/h3-6H,14H2,1-2H3. The van der Waals surface area contributed by atoms with Crippen molar-refractivity contribution in [3.63, 3.8) is 0 Å². The van der Waals surface area contributed by atoms with Crippen molar-refractivity contribution in [3.05, 3.63) is 29.0 Å². The number of hydrogen-bond acceptors (Lipinski definition) is 5. The van der Waals surface area contributed by atoms with Crippen molar-refractivity contribution in [1.29, 1.82) is 0 Å². The Morgan fingerprint density at radius 1 is 1.32 bits per heavy atom. The number of nitrogens with zero attached hydrogens (tertiary/aromatic N) is 4. The van der Waals surface area contributed by atoms with Crippen LogP contribution in [0, 0.1) is 0 Å². The highest BCUT2D eigenvalue weighted by Crippen LogP contribution is 2.30. The maximum absolute atomic E-state index is 5.92. The Morgan fingerprint density at radius 3 is 2.79 bits per heavy atom. The molecule has 0 aliphatic rings. The Balaban J connectivity index is 2.12. The average molecular weight is 294 g/mol. The second-order valence-corrected chi connectivity index (χ2v) is 5.91. The van der Waals surface area contributed by atoms with Gasteiger partial charge in [0.15, 0.2) is 5.82 Å². The average Bonchev–Trinajstić information content (AvgIpc) is 2.91. The predicted molar refractivity (Wildman–Crippen MR) is 77.6 cm³/mol. The Labute approximate surface area is 119 Å². The van der Waals surface area contributed by atoms with Gasteiger partial charge in [0.25, 0.3) is 0 Å². The lowest BCUT2D eigenvalue weighted by molar-refractivity contribution is 0.727. The molecular weight excluding hydrogens is 282 g/mol. The van der Waals surface area contributed by atoms with E-state index in [1.54, 1.807) is 10.6 Å². The quantitative estimate of drug-likeness (QED) is 0.737. The first-order valence-corrected chi connectivity index (χ1v) is 7.03. The van der Waals surface area contributed by atoms with Crippen LogP contribution in [0.15, 0.2) is 18.2 Å². The second kappa shape index (κ2) is 4.47. The maximum Gasteiger partial charge on any atom is 0.234 e. The Morgan fingerprint density at radius 2 is 2.11 bits per heavy atom. The van der Waals surface area contributed by atoms with E-state index >= 15 is 0 Å². The molecule has 98 valence electrons. The third-order valence-corrected chi connectivity index (χ3v) is 4.07. The zero-order valence-electron chi connectivity index (χ0n) is 10.5. The first-order chi connectivity index (χ1) is 9.06. The van der Waals surface area contributed by atoms with Gasteiger partial charge in [0.2, 0.25) is 4.96 Å². The molecule has 0 radical (unpaired) electrons. The lowest BCUT2D eigenvalue weighted by Gasteiger charge is -2.00. The number of halogens is 1. The molecule has 0 amide bonds. The van der Waals surface area contributed by atoms with Crippen molar-refractivity contribution < 1.29 is 0 Å². The van der Waals surface area contributed by atoms with E-state index in [1.165, 1.54) is 11.3 Å². The van der Waals surface area contributed by atoms with Gasteiger partial charge in [-0.15, -0.1) is 10.2 Å². The van der Waals surface area contributed by atoms with Gasteiger partial charge in [0.1, 0.15) is 5.01 Å². The molecule has 19 heavy (non-hydrogen) atoms. The summed E-state index contributed by atoms with van der Waals surface area (Å²) in [5, 5.41) is 14.2. The largest absolute Gasteiger partial charge is 0.398 e. The van der Waals surface area contributed by atoms with E-state index in [0.717, 1.165) is 21.4 Å². The summed E-state index contributed by atoms with van der Waals surface area (Å²) >= 11 is 7.41. The van der Waals surface area contributed by atoms with Crippen LogP contribution in [0.2, 0.25) is 5.02 Å². The molecule has 0 aliphatic heterocycles. The van der Waals surface area contributed by atoms with Crippen LogP contribution in [0.5, 0.6) is 0 Å². The topological polar surface area (TPSA) is 69.1 Å². The third-order valence-electron chi connectivity index (χ3n) is 2.77. The van der Waals surface area contributed by atoms with Gasteiger partial charge in [0, 0.05) is 11.5 Å². The molecule has 2 heterocycles. The van der Waals surface area contributed by atoms with Crippen molar-refractivity contribution in [2.24, 2.45) is 0 Å². The maximum atomic E-state index is 5.92. The molecule has 0 unspecified atom stereocenters. The molecule has 0 bridgehead atoms. The van der Waals surface area contributed by atoms with Crippen molar-refractivity contribution in [1.82, 2.24) is 19.8 Å². The highest BCUT2D eigenvalue weighted by molar-refractivity contribution is 7.19. The molecule has 0 saturated heterocycles. The van der Waals surface area contributed by atoms with E-state index in [4.69, 9.17) is 17.3 Å². The smallest absolute Gasteiger partial charge is 0.234 e. The van der Waals surface area contributed by atoms with Gasteiger partial charge in [-0.25, -0.2) is 0 Å². The molecule has 7 heteroatoms. The Bertz CT molecular complexity index is 746. The summed E-state index contributed by atoms with van der Waals surface area (Å²) in [6.45, 7) is 4.13. The second-order valence-electron chi connectivity index (χ2n) is 4.55. The fourth-order valence-electron chi connectivity index (χ4n) is 1.79. The molecule has 2 N–H and O–H groups in total. The molecule has 3 rings (SSSR count). The van der Waals surface area contributed by atoms with Gasteiger partial charge in [0.05, 0.1) is 10.7 Å². The summed E-state index contributed by atoms with van der Waals surface area (Å²) in [4.78, 5) is 0.784. The van der Waals surface area contributed by atoms with Gasteiger partial charge in [-0.2, -0.15) is 9.61 Å². The van der Waals surface area contributed by atoms with Crippen LogP contribution < -0.4 is 5.73 Å². The molecular formula is C12H12ClN5S. The van der Waals surface area contributed by atoms with E-state index in [2.05, 4.69) is 29.1 Å². The number of hydrogen-bond donors (Lipinski definition) is 1. The van der Waals surface area contributed by atoms with Gasteiger partial charge >= 0.3 is 0 Å². The van der Waals surface area contributed by atoms with Crippen LogP contribution in [0.3, 0.4) is 0 Å². The van der Waals surface area contributed by atoms with Crippen LogP contribution in [0.4, 0.5) is 5.69 Å². The molecule has 1 aromatic carbocycles. The van der Waals surface area contributed by atoms with Gasteiger partial charge < -0.3 is 5.73 Å². The molecule has 0 atom stereocenters. The van der Waals surface area contributed by atoms with Gasteiger partial charge in [-0.1, -0.05) is 42.9 Å². The highest BCUT2D eigenvalue weighted by Gasteiger charge is 2.15. The normalized spacial score (nSPS) is 11.6. The van der Waals surface area contributed by atoms with Crippen LogP contribution >= 0.6 is 22.9 Å². The fourth-order valence-corrected chi connectivity index (χ4v) is 2.75. The number of nitrogen functional groups attached to an aromatic ring is 1. The predicted octanol–water partition coefficient (Wildman–Crippen LogP) is 3.21. The summed E-state index contributed by atoms with van der Waals surface area (Å²) in [5.41, 5.74) is 7.30. The summed E-state index contributed by atoms with van der Waals surface area (Å²) in [6, 6.07) is 5.50. The fraction of sp³-hybridized carbons (Fsp3) is 0.250. The minimum atomic E-state index is 0.278. The zero-order chi connectivity index (χ0) is 13.6. The molecule has 3 aromatic rings. The summed E-state index contributed by atoms with van der Waals surface area (Å²) in [5.74, 6) is 1.14. The summed E-state index contributed by atoms with van der Waals surface area (Å²) in [6.07, 6.45) is 0. The van der Waals surface area contributed by atoms with Gasteiger partial charge in [-0.3, -0.25) is 0 Å². The van der Waals surface area contributed by atoms with E-state index in [0.29, 0.717) is 10.7 Å². The minimum absolute atomic E-state index is 0.278. The summed E-state index contributed by atoms with van der Waals surface area (Å²) in [7, 11) is 0. The lowest BCUT2D eigenvalue weighted by atomic mass is 10.2. The van der Waals surface area contributed by atoms with Crippen LogP contribution in [-0.4, -0.2) is 19.8 Å². The van der Waals surface area contributed by atoms with Crippen LogP contribution in [0.25, 0.3) is 15.5 Å². The van der Waals surface area contributed by atoms with Crippen LogP contribution in [-0.2, 0) is 0 Å². The summed E-state index contributed by atoms with van der Waals surface area (Å²) < 4.78 is 1.79. The molecule has 0 spiro atoms. The third kappa shape index (κ3) is 2.06. The van der Waals surface area contributed by atoms with E-state index < -0.39 is 0 Å². The Hall–Kier alpha value is -1.66. The molecule has 0 saturated carbocycles. The number of anilines is 1. The molecule has 0 fully saturated rings. The number of nitrogens with two attached hydrogens (primary N) is 1. The van der Waals surface area contributed by atoms with Gasteiger partial charge in [-0.05, 0) is 12.1 Å². The van der Waals surface area contributed by atoms with Crippen molar-refractivity contribution in [2.45, 2.75) is 19.8 Å². The van der Waals surface area contributed by atoms with E-state index in [-0.39, 0.29) is 5.92 Å². The SMILES string of the molecule is CC(C)c1nnc2sc(-c3ccc(Cl)c(N)c3)nn12. The number of fused-ring (bicyclic) bond motifs is 1. The van der Waals surface area contributed by atoms with Crippen molar-refractivity contribution in [3.8, 4) is 10.6 Å². The number of rotatable bonds is 2. The monoisotopic (exact) mass is 293 g/mol. The number of benzene rings is 1. The highest BCUT2D eigenvalue weighted by atomic mass is 35.5. The Kier molecular flexibility index (Phi) is 2.91. The molecule has 2 aromatic heterocycles. The minimum Gasteiger partial charge on any atom is -0.398 e. The first kappa shape index (κ1) is 12.4. The molecule has 0 aliphatic carbocycles. The number of aromatic nitrogens is 4. The van der Waals surface area contributed by atoms with Crippen LogP contribution in [0.1, 0.15) is 25.6 Å². The zero-order valence-corrected chi connectivity index (χ0v) is 12.0. The first-order valence-electron chi connectivity index (χ1n) is 5.84. The van der Waals surface area contributed by atoms with Crippen molar-refractivity contribution >= 4 is 33.6 Å². The van der Waals surface area contributed by atoms with E-state index in [1.807, 2.05) is 12.1 Å². The van der Waals surface area contributed by atoms with E-state index in [9.17, 15) is 0 Å². The molecule has 5 nitrogen and oxygen atoms in total. The lowest BCUT2D eigenvalue weighted by Crippen LogP contribution is -1.98. The van der Waals surface area contributed by atoms with Crippen molar-refractivity contribution in [2.75, 3.05) is 5.73 Å².